The van der Waals surface area contributed by atoms with E-state index in [-0.39, 0.29) is 0 Å². The van der Waals surface area contributed by atoms with Crippen molar-refractivity contribution in [3.63, 3.8) is 0 Å². The molecular weight excluding hydrogens is 260 g/mol. The van der Waals surface area contributed by atoms with Gasteiger partial charge in [-0.05, 0) is 11.1 Å². The molecule has 0 spiro atoms. The van der Waals surface area contributed by atoms with E-state index in [0.717, 1.165) is 37.3 Å². The summed E-state index contributed by atoms with van der Waals surface area (Å²) in [6, 6.07) is 20.0. The van der Waals surface area contributed by atoms with Crippen molar-refractivity contribution in [1.29, 1.82) is 0 Å². The highest BCUT2D eigenvalue weighted by Gasteiger charge is 2.33. The Hall–Kier alpha value is -1.68. The average Bonchev–Trinajstić information content (AvgIpc) is 2.57. The van der Waals surface area contributed by atoms with Crippen LogP contribution >= 0.6 is 0 Å². The van der Waals surface area contributed by atoms with E-state index in [2.05, 4.69) is 10.2 Å². The number of β-amino-alcohol motifs (C(OH)–C–C–N with tert-alkyl or cyclic N) is 1. The van der Waals surface area contributed by atoms with Crippen LogP contribution in [0.25, 0.3) is 0 Å². The van der Waals surface area contributed by atoms with Gasteiger partial charge >= 0.3 is 0 Å². The maximum absolute atomic E-state index is 11.4. The standard InChI is InChI=1S/C18H22N2O/c21-18(16-7-3-1-4-8-16,17-9-5-2-6-10-17)15-20-13-11-19-12-14-20/h1-10,19,21H,11-15H2. The van der Waals surface area contributed by atoms with Crippen LogP contribution in [-0.2, 0) is 5.60 Å². The van der Waals surface area contributed by atoms with Crippen LogP contribution in [0, 0.1) is 0 Å². The Balaban J connectivity index is 1.94. The van der Waals surface area contributed by atoms with Crippen LogP contribution < -0.4 is 5.32 Å². The molecular formula is C18H22N2O. The molecule has 2 aromatic carbocycles. The Morgan fingerprint density at radius 1 is 0.857 bits per heavy atom. The van der Waals surface area contributed by atoms with E-state index < -0.39 is 5.60 Å². The van der Waals surface area contributed by atoms with Gasteiger partial charge < -0.3 is 10.4 Å². The van der Waals surface area contributed by atoms with Crippen molar-refractivity contribution in [1.82, 2.24) is 10.2 Å². The Morgan fingerprint density at radius 2 is 1.33 bits per heavy atom. The van der Waals surface area contributed by atoms with Gasteiger partial charge in [-0.2, -0.15) is 0 Å². The lowest BCUT2D eigenvalue weighted by Gasteiger charge is -2.37. The molecule has 0 radical (unpaired) electrons. The van der Waals surface area contributed by atoms with Crippen LogP contribution in [0.4, 0.5) is 0 Å². The average molecular weight is 282 g/mol. The van der Waals surface area contributed by atoms with Gasteiger partial charge in [-0.3, -0.25) is 4.90 Å². The summed E-state index contributed by atoms with van der Waals surface area (Å²) in [4.78, 5) is 2.33. The van der Waals surface area contributed by atoms with Gasteiger partial charge in [-0.25, -0.2) is 0 Å². The van der Waals surface area contributed by atoms with E-state index >= 15 is 0 Å². The fourth-order valence-corrected chi connectivity index (χ4v) is 2.97. The van der Waals surface area contributed by atoms with Gasteiger partial charge in [-0.15, -0.1) is 0 Å². The molecule has 0 amide bonds. The van der Waals surface area contributed by atoms with E-state index in [9.17, 15) is 5.11 Å². The number of nitrogens with zero attached hydrogens (tertiary/aromatic N) is 1. The van der Waals surface area contributed by atoms with Gasteiger partial charge in [-0.1, -0.05) is 60.7 Å². The summed E-state index contributed by atoms with van der Waals surface area (Å²) in [5.74, 6) is 0. The third-order valence-electron chi connectivity index (χ3n) is 4.16. The van der Waals surface area contributed by atoms with Crippen molar-refractivity contribution in [2.24, 2.45) is 0 Å². The predicted molar refractivity (Wildman–Crippen MR) is 85.2 cm³/mol. The Morgan fingerprint density at radius 3 is 1.81 bits per heavy atom. The van der Waals surface area contributed by atoms with Crippen LogP contribution in [0.1, 0.15) is 11.1 Å². The summed E-state index contributed by atoms with van der Waals surface area (Å²) >= 11 is 0. The van der Waals surface area contributed by atoms with E-state index in [1.165, 1.54) is 0 Å². The van der Waals surface area contributed by atoms with Crippen molar-refractivity contribution in [2.45, 2.75) is 5.60 Å². The van der Waals surface area contributed by atoms with Crippen LogP contribution in [-0.4, -0.2) is 42.7 Å². The maximum atomic E-state index is 11.4. The monoisotopic (exact) mass is 282 g/mol. The minimum atomic E-state index is -0.958. The molecule has 0 saturated carbocycles. The zero-order chi connectivity index (χ0) is 14.5. The first-order chi connectivity index (χ1) is 10.3. The molecule has 1 saturated heterocycles. The number of nitrogens with one attached hydrogen (secondary N) is 1. The van der Waals surface area contributed by atoms with Crippen LogP contribution in [0.5, 0.6) is 0 Å². The fourth-order valence-electron chi connectivity index (χ4n) is 2.97. The molecule has 110 valence electrons. The third kappa shape index (κ3) is 3.16. The summed E-state index contributed by atoms with van der Waals surface area (Å²) < 4.78 is 0. The Bertz CT molecular complexity index is 510. The molecule has 3 heteroatoms. The van der Waals surface area contributed by atoms with E-state index in [4.69, 9.17) is 0 Å². The minimum Gasteiger partial charge on any atom is -0.379 e. The molecule has 0 atom stereocenters. The van der Waals surface area contributed by atoms with Gasteiger partial charge in [0.25, 0.3) is 0 Å². The zero-order valence-electron chi connectivity index (χ0n) is 12.2. The number of piperazine rings is 1. The molecule has 1 aliphatic heterocycles. The van der Waals surface area contributed by atoms with E-state index in [1.54, 1.807) is 0 Å². The molecule has 3 rings (SSSR count). The molecule has 3 nitrogen and oxygen atoms in total. The van der Waals surface area contributed by atoms with Crippen LogP contribution in [0.15, 0.2) is 60.7 Å². The molecule has 1 heterocycles. The topological polar surface area (TPSA) is 35.5 Å². The van der Waals surface area contributed by atoms with Crippen molar-refractivity contribution < 1.29 is 5.11 Å². The van der Waals surface area contributed by atoms with Crippen molar-refractivity contribution in [3.8, 4) is 0 Å². The van der Waals surface area contributed by atoms with Gasteiger partial charge in [0, 0.05) is 32.7 Å². The second-order valence-electron chi connectivity index (χ2n) is 5.62. The second-order valence-corrected chi connectivity index (χ2v) is 5.62. The molecule has 0 bridgehead atoms. The minimum absolute atomic E-state index is 0.628. The first-order valence-electron chi connectivity index (χ1n) is 7.55. The lowest BCUT2D eigenvalue weighted by molar-refractivity contribution is 0.0317. The molecule has 2 N–H and O–H groups in total. The third-order valence-corrected chi connectivity index (χ3v) is 4.16. The largest absolute Gasteiger partial charge is 0.379 e. The summed E-state index contributed by atoms with van der Waals surface area (Å²) in [5.41, 5.74) is 0.948. The van der Waals surface area contributed by atoms with Crippen LogP contribution in [0.2, 0.25) is 0 Å². The summed E-state index contributed by atoms with van der Waals surface area (Å²) in [6.07, 6.45) is 0. The second kappa shape index (κ2) is 6.39. The lowest BCUT2D eigenvalue weighted by Crippen LogP contribution is -2.49. The first kappa shape index (κ1) is 14.3. The number of hydrogen-bond acceptors (Lipinski definition) is 3. The predicted octanol–water partition coefficient (Wildman–Crippen LogP) is 1.83. The molecule has 0 aliphatic carbocycles. The molecule has 0 unspecified atom stereocenters. The smallest absolute Gasteiger partial charge is 0.127 e. The maximum Gasteiger partial charge on any atom is 0.127 e. The number of aliphatic hydroxyl groups is 1. The molecule has 21 heavy (non-hydrogen) atoms. The van der Waals surface area contributed by atoms with Gasteiger partial charge in [0.15, 0.2) is 0 Å². The zero-order valence-corrected chi connectivity index (χ0v) is 12.2. The Labute approximate surface area is 126 Å². The SMILES string of the molecule is OC(CN1CCNCC1)(c1ccccc1)c1ccccc1. The Kier molecular flexibility index (Phi) is 4.34. The van der Waals surface area contributed by atoms with Gasteiger partial charge in [0.2, 0.25) is 0 Å². The quantitative estimate of drug-likeness (QED) is 0.898. The highest BCUT2D eigenvalue weighted by molar-refractivity contribution is 5.36. The molecule has 0 aromatic heterocycles. The molecule has 1 fully saturated rings. The summed E-state index contributed by atoms with van der Waals surface area (Å²) in [5, 5.41) is 14.8. The number of benzene rings is 2. The molecule has 1 aliphatic rings. The lowest BCUT2D eigenvalue weighted by atomic mass is 9.85. The number of hydrogen-bond donors (Lipinski definition) is 2. The normalized spacial score (nSPS) is 16.8. The van der Waals surface area contributed by atoms with Gasteiger partial charge in [0.05, 0.1) is 0 Å². The van der Waals surface area contributed by atoms with Crippen molar-refractivity contribution in [3.05, 3.63) is 71.8 Å². The first-order valence-corrected chi connectivity index (χ1v) is 7.55. The van der Waals surface area contributed by atoms with Crippen molar-refractivity contribution in [2.75, 3.05) is 32.7 Å². The van der Waals surface area contributed by atoms with Gasteiger partial charge in [0.1, 0.15) is 5.60 Å². The molecule has 2 aromatic rings. The summed E-state index contributed by atoms with van der Waals surface area (Å²) in [7, 11) is 0. The number of rotatable bonds is 4. The van der Waals surface area contributed by atoms with E-state index in [1.807, 2.05) is 60.7 Å². The highest BCUT2D eigenvalue weighted by Crippen LogP contribution is 2.30. The summed E-state index contributed by atoms with van der Waals surface area (Å²) in [6.45, 7) is 4.55. The van der Waals surface area contributed by atoms with Crippen LogP contribution in [0.3, 0.4) is 0 Å². The van der Waals surface area contributed by atoms with E-state index in [0.29, 0.717) is 6.54 Å². The fraction of sp³-hybridized carbons (Fsp3) is 0.333. The highest BCUT2D eigenvalue weighted by atomic mass is 16.3. The van der Waals surface area contributed by atoms with Crippen molar-refractivity contribution >= 4 is 0 Å².